The highest BCUT2D eigenvalue weighted by molar-refractivity contribution is 7.91. The van der Waals surface area contributed by atoms with Gasteiger partial charge in [-0.2, -0.15) is 0 Å². The van der Waals surface area contributed by atoms with Crippen LogP contribution in [0.1, 0.15) is 45.4 Å². The lowest BCUT2D eigenvalue weighted by Gasteiger charge is -2.29. The molecular weight excluding hydrogens is 324 g/mol. The van der Waals surface area contributed by atoms with Gasteiger partial charge in [-0.1, -0.05) is 25.8 Å². The third kappa shape index (κ3) is 3.64. The van der Waals surface area contributed by atoms with Crippen molar-refractivity contribution in [1.29, 1.82) is 0 Å². The number of benzene rings is 1. The molecule has 0 radical (unpaired) electrons. The second-order valence-corrected chi connectivity index (χ2v) is 9.03. The Morgan fingerprint density at radius 2 is 1.96 bits per heavy atom. The largest absolute Gasteiger partial charge is 0.325 e. The van der Waals surface area contributed by atoms with Gasteiger partial charge in [-0.15, -0.1) is 0 Å². The van der Waals surface area contributed by atoms with Crippen LogP contribution < -0.4 is 5.32 Å². The molecule has 1 aromatic carbocycles. The summed E-state index contributed by atoms with van der Waals surface area (Å²) in [6.45, 7) is 2.62. The van der Waals surface area contributed by atoms with Crippen molar-refractivity contribution in [2.24, 2.45) is 0 Å². The van der Waals surface area contributed by atoms with E-state index in [4.69, 9.17) is 0 Å². The summed E-state index contributed by atoms with van der Waals surface area (Å²) in [6, 6.07) is 7.03. The van der Waals surface area contributed by atoms with Crippen LogP contribution in [-0.4, -0.2) is 43.6 Å². The summed E-state index contributed by atoms with van der Waals surface area (Å²) in [6.07, 6.45) is 6.83. The Morgan fingerprint density at radius 3 is 2.67 bits per heavy atom. The summed E-state index contributed by atoms with van der Waals surface area (Å²) in [5.74, 6) is 0.0492. The van der Waals surface area contributed by atoms with E-state index in [9.17, 15) is 13.2 Å². The van der Waals surface area contributed by atoms with Crippen LogP contribution >= 0.6 is 0 Å². The summed E-state index contributed by atoms with van der Waals surface area (Å²) in [7, 11) is -3.26. The topological polar surface area (TPSA) is 66.5 Å². The van der Waals surface area contributed by atoms with Crippen LogP contribution in [0.25, 0.3) is 0 Å². The normalized spacial score (nSPS) is 22.8. The highest BCUT2D eigenvalue weighted by atomic mass is 32.2. The SMILES string of the molecule is CCS(=O)(=O)c1cccc(NC(=O)[C@H]2CCCN2C2CCCC2)c1. The number of sulfone groups is 1. The number of hydrogen-bond donors (Lipinski definition) is 1. The Balaban J connectivity index is 1.71. The molecule has 2 fully saturated rings. The van der Waals surface area contributed by atoms with E-state index in [1.54, 1.807) is 31.2 Å². The number of nitrogens with one attached hydrogen (secondary N) is 1. The monoisotopic (exact) mass is 350 g/mol. The maximum absolute atomic E-state index is 12.7. The molecule has 0 spiro atoms. The lowest BCUT2D eigenvalue weighted by Crippen LogP contribution is -2.44. The van der Waals surface area contributed by atoms with Crippen molar-refractivity contribution < 1.29 is 13.2 Å². The number of carbonyl (C=O) groups is 1. The average Bonchev–Trinajstić information content (AvgIpc) is 3.26. The number of carbonyl (C=O) groups excluding carboxylic acids is 1. The van der Waals surface area contributed by atoms with Gasteiger partial charge < -0.3 is 5.32 Å². The van der Waals surface area contributed by atoms with Crippen LogP contribution in [0.2, 0.25) is 0 Å². The fraction of sp³-hybridized carbons (Fsp3) is 0.611. The Bertz CT molecular complexity index is 696. The Morgan fingerprint density at radius 1 is 1.21 bits per heavy atom. The second-order valence-electron chi connectivity index (χ2n) is 6.75. The van der Waals surface area contributed by atoms with Gasteiger partial charge in [-0.25, -0.2) is 8.42 Å². The standard InChI is InChI=1S/C18H26N2O3S/c1-2-24(22,23)16-10-5-7-14(13-16)19-18(21)17-11-6-12-20(17)15-8-3-4-9-15/h5,7,10,13,15,17H,2-4,6,8-9,11-12H2,1H3,(H,19,21)/t17-/m1/s1. The molecule has 1 saturated carbocycles. The smallest absolute Gasteiger partial charge is 0.241 e. The minimum Gasteiger partial charge on any atom is -0.325 e. The van der Waals surface area contributed by atoms with E-state index in [0.717, 1.165) is 19.4 Å². The van der Waals surface area contributed by atoms with Gasteiger partial charge in [0.15, 0.2) is 9.84 Å². The van der Waals surface area contributed by atoms with Gasteiger partial charge in [0.2, 0.25) is 5.91 Å². The number of hydrogen-bond acceptors (Lipinski definition) is 4. The van der Waals surface area contributed by atoms with E-state index in [2.05, 4.69) is 10.2 Å². The Hall–Kier alpha value is -1.40. The van der Waals surface area contributed by atoms with E-state index in [-0.39, 0.29) is 22.6 Å². The van der Waals surface area contributed by atoms with Gasteiger partial charge in [-0.05, 0) is 50.4 Å². The molecule has 0 bridgehead atoms. The number of rotatable bonds is 5. The summed E-state index contributed by atoms with van der Waals surface area (Å²) < 4.78 is 24.0. The van der Waals surface area contributed by atoms with Crippen molar-refractivity contribution in [2.45, 2.75) is 62.4 Å². The van der Waals surface area contributed by atoms with Gasteiger partial charge in [-0.3, -0.25) is 9.69 Å². The Kier molecular flexibility index (Phi) is 5.25. The number of nitrogens with zero attached hydrogens (tertiary/aromatic N) is 1. The average molecular weight is 350 g/mol. The molecule has 1 aliphatic carbocycles. The third-order valence-electron chi connectivity index (χ3n) is 5.23. The molecule has 1 aliphatic heterocycles. The van der Waals surface area contributed by atoms with Gasteiger partial charge in [0.1, 0.15) is 0 Å². The second kappa shape index (κ2) is 7.23. The van der Waals surface area contributed by atoms with Crippen LogP contribution in [0.4, 0.5) is 5.69 Å². The first kappa shape index (κ1) is 17.4. The summed E-state index contributed by atoms with van der Waals surface area (Å²) in [5, 5.41) is 2.93. The zero-order valence-corrected chi connectivity index (χ0v) is 15.0. The third-order valence-corrected chi connectivity index (χ3v) is 6.96. The van der Waals surface area contributed by atoms with Crippen molar-refractivity contribution in [3.05, 3.63) is 24.3 Å². The molecule has 1 atom stereocenters. The van der Waals surface area contributed by atoms with Crippen molar-refractivity contribution >= 4 is 21.4 Å². The van der Waals surface area contributed by atoms with Gasteiger partial charge in [0, 0.05) is 11.7 Å². The summed E-state index contributed by atoms with van der Waals surface area (Å²) in [5.41, 5.74) is 0.563. The van der Waals surface area contributed by atoms with E-state index in [1.165, 1.54) is 25.7 Å². The molecule has 1 saturated heterocycles. The molecule has 1 aromatic rings. The lowest BCUT2D eigenvalue weighted by atomic mass is 10.1. The molecule has 6 heteroatoms. The van der Waals surface area contributed by atoms with Crippen LogP contribution in [0.3, 0.4) is 0 Å². The molecule has 0 unspecified atom stereocenters. The maximum atomic E-state index is 12.7. The van der Waals surface area contributed by atoms with Gasteiger partial charge in [0.05, 0.1) is 16.7 Å². The van der Waals surface area contributed by atoms with Gasteiger partial charge >= 0.3 is 0 Å². The van der Waals surface area contributed by atoms with Crippen LogP contribution in [0, 0.1) is 0 Å². The van der Waals surface area contributed by atoms with Crippen LogP contribution in [0.5, 0.6) is 0 Å². The van der Waals surface area contributed by atoms with Crippen LogP contribution in [0.15, 0.2) is 29.2 Å². The first-order chi connectivity index (χ1) is 11.5. The molecule has 1 amide bonds. The van der Waals surface area contributed by atoms with E-state index in [1.807, 2.05) is 0 Å². The molecule has 1 N–H and O–H groups in total. The zero-order valence-electron chi connectivity index (χ0n) is 14.2. The maximum Gasteiger partial charge on any atom is 0.241 e. The minimum atomic E-state index is -3.26. The zero-order chi connectivity index (χ0) is 17.2. The molecule has 0 aromatic heterocycles. The van der Waals surface area contributed by atoms with Crippen molar-refractivity contribution in [2.75, 3.05) is 17.6 Å². The highest BCUT2D eigenvalue weighted by Gasteiger charge is 2.36. The van der Waals surface area contributed by atoms with E-state index < -0.39 is 9.84 Å². The molecule has 3 rings (SSSR count). The predicted octanol–water partition coefficient (Wildman–Crippen LogP) is 2.83. The molecule has 1 heterocycles. The summed E-state index contributed by atoms with van der Waals surface area (Å²) >= 11 is 0. The van der Waals surface area contributed by atoms with E-state index in [0.29, 0.717) is 11.7 Å². The minimum absolute atomic E-state index is 0.00885. The van der Waals surface area contributed by atoms with Crippen LogP contribution in [-0.2, 0) is 14.6 Å². The lowest BCUT2D eigenvalue weighted by molar-refractivity contribution is -0.121. The highest BCUT2D eigenvalue weighted by Crippen LogP contribution is 2.30. The van der Waals surface area contributed by atoms with E-state index >= 15 is 0 Å². The summed E-state index contributed by atoms with van der Waals surface area (Å²) in [4.78, 5) is 15.3. The molecule has 24 heavy (non-hydrogen) atoms. The van der Waals surface area contributed by atoms with Crippen molar-refractivity contribution in [1.82, 2.24) is 4.90 Å². The van der Waals surface area contributed by atoms with Gasteiger partial charge in [0.25, 0.3) is 0 Å². The Labute approximate surface area is 144 Å². The quantitative estimate of drug-likeness (QED) is 0.887. The molecular formula is C18H26N2O3S. The number of anilines is 1. The molecule has 5 nitrogen and oxygen atoms in total. The first-order valence-electron chi connectivity index (χ1n) is 8.90. The van der Waals surface area contributed by atoms with Crippen molar-refractivity contribution in [3.8, 4) is 0 Å². The first-order valence-corrected chi connectivity index (χ1v) is 10.6. The van der Waals surface area contributed by atoms with Crippen molar-refractivity contribution in [3.63, 3.8) is 0 Å². The fourth-order valence-electron chi connectivity index (χ4n) is 3.90. The fourth-order valence-corrected chi connectivity index (χ4v) is 4.83. The molecule has 132 valence electrons. The number of likely N-dealkylation sites (tertiary alicyclic amines) is 1. The molecule has 2 aliphatic rings. The number of amides is 1. The predicted molar refractivity (Wildman–Crippen MR) is 94.8 cm³/mol.